The fraction of sp³-hybridized carbons (Fsp3) is 0.0455. The largest absolute Gasteiger partial charge is 0.507 e. The SMILES string of the molecule is CC(=O)c1cc2c(-c3ccccc3)c(-c3ccccc3)oc2cc1O. The number of aromatic hydroxyl groups is 1. The Balaban J connectivity index is 2.10. The van der Waals surface area contributed by atoms with Crippen LogP contribution in [0.2, 0.25) is 0 Å². The number of hydrogen-bond acceptors (Lipinski definition) is 3. The third-order valence-corrected chi connectivity index (χ3v) is 4.28. The second kappa shape index (κ2) is 5.95. The van der Waals surface area contributed by atoms with Crippen LogP contribution in [0.3, 0.4) is 0 Å². The first-order valence-electron chi connectivity index (χ1n) is 8.06. The number of phenolic OH excluding ortho intramolecular Hbond substituents is 1. The van der Waals surface area contributed by atoms with Crippen LogP contribution in [0, 0.1) is 0 Å². The summed E-state index contributed by atoms with van der Waals surface area (Å²) < 4.78 is 6.08. The maximum absolute atomic E-state index is 11.8. The average molecular weight is 328 g/mol. The Morgan fingerprint density at radius 2 is 1.48 bits per heavy atom. The fourth-order valence-electron chi connectivity index (χ4n) is 3.10. The number of Topliss-reactive ketones (excluding diaryl/α,β-unsaturated/α-hetero) is 1. The molecule has 0 aliphatic rings. The van der Waals surface area contributed by atoms with Gasteiger partial charge in [-0.3, -0.25) is 4.79 Å². The van der Waals surface area contributed by atoms with Crippen molar-refractivity contribution in [1.82, 2.24) is 0 Å². The van der Waals surface area contributed by atoms with Gasteiger partial charge >= 0.3 is 0 Å². The highest BCUT2D eigenvalue weighted by molar-refractivity contribution is 6.07. The highest BCUT2D eigenvalue weighted by Gasteiger charge is 2.20. The number of hydrogen-bond donors (Lipinski definition) is 1. The molecule has 1 aromatic heterocycles. The third kappa shape index (κ3) is 2.60. The normalized spacial score (nSPS) is 10.9. The number of fused-ring (bicyclic) bond motifs is 1. The molecule has 0 atom stereocenters. The zero-order chi connectivity index (χ0) is 17.4. The number of furan rings is 1. The summed E-state index contributed by atoms with van der Waals surface area (Å²) in [4.78, 5) is 11.8. The van der Waals surface area contributed by atoms with E-state index in [1.165, 1.54) is 13.0 Å². The number of carbonyl (C=O) groups is 1. The molecule has 4 aromatic rings. The van der Waals surface area contributed by atoms with Crippen LogP contribution in [0.4, 0.5) is 0 Å². The molecule has 122 valence electrons. The summed E-state index contributed by atoms with van der Waals surface area (Å²) in [6, 6.07) is 23.0. The van der Waals surface area contributed by atoms with Crippen molar-refractivity contribution in [3.8, 4) is 28.2 Å². The van der Waals surface area contributed by atoms with Gasteiger partial charge in [0.1, 0.15) is 17.1 Å². The van der Waals surface area contributed by atoms with E-state index in [4.69, 9.17) is 4.42 Å². The molecule has 4 rings (SSSR count). The summed E-state index contributed by atoms with van der Waals surface area (Å²) in [5.41, 5.74) is 3.72. The first kappa shape index (κ1) is 15.2. The summed E-state index contributed by atoms with van der Waals surface area (Å²) in [6.07, 6.45) is 0. The van der Waals surface area contributed by atoms with Gasteiger partial charge in [-0.1, -0.05) is 60.7 Å². The molecule has 0 saturated heterocycles. The van der Waals surface area contributed by atoms with Gasteiger partial charge in [0.2, 0.25) is 0 Å². The molecule has 25 heavy (non-hydrogen) atoms. The predicted molar refractivity (Wildman–Crippen MR) is 98.8 cm³/mol. The number of ketones is 1. The summed E-state index contributed by atoms with van der Waals surface area (Å²) in [5.74, 6) is 0.482. The quantitative estimate of drug-likeness (QED) is 0.493. The molecule has 1 N–H and O–H groups in total. The van der Waals surface area contributed by atoms with Gasteiger partial charge in [-0.2, -0.15) is 0 Å². The Bertz CT molecular complexity index is 1060. The number of rotatable bonds is 3. The summed E-state index contributed by atoms with van der Waals surface area (Å²) >= 11 is 0. The van der Waals surface area contributed by atoms with Crippen molar-refractivity contribution in [2.45, 2.75) is 6.92 Å². The van der Waals surface area contributed by atoms with Crippen molar-refractivity contribution in [3.63, 3.8) is 0 Å². The number of carbonyl (C=O) groups excluding carboxylic acids is 1. The van der Waals surface area contributed by atoms with E-state index >= 15 is 0 Å². The molecule has 0 radical (unpaired) electrons. The summed E-state index contributed by atoms with van der Waals surface area (Å²) in [5, 5.41) is 11.0. The molecule has 0 unspecified atom stereocenters. The molecule has 3 heteroatoms. The predicted octanol–water partition coefficient (Wildman–Crippen LogP) is 5.68. The lowest BCUT2D eigenvalue weighted by molar-refractivity contribution is 0.101. The van der Waals surface area contributed by atoms with Crippen LogP contribution >= 0.6 is 0 Å². The lowest BCUT2D eigenvalue weighted by Gasteiger charge is -2.05. The van der Waals surface area contributed by atoms with Crippen molar-refractivity contribution in [2.24, 2.45) is 0 Å². The van der Waals surface area contributed by atoms with Gasteiger partial charge in [0.05, 0.1) is 5.56 Å². The van der Waals surface area contributed by atoms with Crippen LogP contribution in [-0.2, 0) is 0 Å². The Morgan fingerprint density at radius 3 is 2.08 bits per heavy atom. The van der Waals surface area contributed by atoms with E-state index in [0.717, 1.165) is 27.8 Å². The smallest absolute Gasteiger partial charge is 0.163 e. The molecular formula is C22H16O3. The average Bonchev–Trinajstić information content (AvgIpc) is 3.00. The van der Waals surface area contributed by atoms with Gasteiger partial charge in [-0.05, 0) is 18.6 Å². The molecule has 0 aliphatic carbocycles. The standard InChI is InChI=1S/C22H16O3/c1-14(23)17-12-18-20(13-19(17)24)25-22(16-10-6-3-7-11-16)21(18)15-8-4-2-5-9-15/h2-13,24H,1H3. The van der Waals surface area contributed by atoms with Gasteiger partial charge in [-0.15, -0.1) is 0 Å². The Hall–Kier alpha value is -3.33. The van der Waals surface area contributed by atoms with Gasteiger partial charge in [0.25, 0.3) is 0 Å². The van der Waals surface area contributed by atoms with Crippen LogP contribution < -0.4 is 0 Å². The van der Waals surface area contributed by atoms with E-state index in [-0.39, 0.29) is 11.5 Å². The zero-order valence-corrected chi connectivity index (χ0v) is 13.7. The Labute approximate surface area is 145 Å². The van der Waals surface area contributed by atoms with Crippen LogP contribution in [-0.4, -0.2) is 10.9 Å². The molecule has 0 bridgehead atoms. The maximum atomic E-state index is 11.8. The maximum Gasteiger partial charge on any atom is 0.163 e. The van der Waals surface area contributed by atoms with Gasteiger partial charge < -0.3 is 9.52 Å². The molecule has 3 nitrogen and oxygen atoms in total. The second-order valence-corrected chi connectivity index (χ2v) is 5.96. The first-order valence-corrected chi connectivity index (χ1v) is 8.06. The third-order valence-electron chi connectivity index (χ3n) is 4.28. The van der Waals surface area contributed by atoms with Crippen LogP contribution in [0.5, 0.6) is 5.75 Å². The molecule has 3 aromatic carbocycles. The van der Waals surface area contributed by atoms with E-state index in [1.54, 1.807) is 6.07 Å². The monoisotopic (exact) mass is 328 g/mol. The van der Waals surface area contributed by atoms with Crippen molar-refractivity contribution < 1.29 is 14.3 Å². The van der Waals surface area contributed by atoms with Crippen molar-refractivity contribution in [2.75, 3.05) is 0 Å². The second-order valence-electron chi connectivity index (χ2n) is 5.96. The Morgan fingerprint density at radius 1 is 0.880 bits per heavy atom. The molecule has 0 saturated carbocycles. The lowest BCUT2D eigenvalue weighted by atomic mass is 9.97. The van der Waals surface area contributed by atoms with Crippen molar-refractivity contribution >= 4 is 16.8 Å². The highest BCUT2D eigenvalue weighted by Crippen LogP contribution is 2.42. The fourth-order valence-corrected chi connectivity index (χ4v) is 3.10. The van der Waals surface area contributed by atoms with Crippen molar-refractivity contribution in [1.29, 1.82) is 0 Å². The summed E-state index contributed by atoms with van der Waals surface area (Å²) in [7, 11) is 0. The molecule has 0 fully saturated rings. The topological polar surface area (TPSA) is 50.4 Å². The molecular weight excluding hydrogens is 312 g/mol. The molecule has 0 aliphatic heterocycles. The first-order chi connectivity index (χ1) is 12.1. The van der Waals surface area contributed by atoms with E-state index < -0.39 is 0 Å². The van der Waals surface area contributed by atoms with Gasteiger partial charge in [-0.25, -0.2) is 0 Å². The Kier molecular flexibility index (Phi) is 3.62. The van der Waals surface area contributed by atoms with Gasteiger partial charge in [0, 0.05) is 22.6 Å². The number of phenols is 1. The summed E-state index contributed by atoms with van der Waals surface area (Å²) in [6.45, 7) is 1.45. The van der Waals surface area contributed by atoms with Gasteiger partial charge in [0.15, 0.2) is 5.78 Å². The lowest BCUT2D eigenvalue weighted by Crippen LogP contribution is -1.92. The molecule has 0 amide bonds. The van der Waals surface area contributed by atoms with Crippen LogP contribution in [0.25, 0.3) is 33.4 Å². The van der Waals surface area contributed by atoms with E-state index in [1.807, 2.05) is 60.7 Å². The highest BCUT2D eigenvalue weighted by atomic mass is 16.3. The van der Waals surface area contributed by atoms with Crippen molar-refractivity contribution in [3.05, 3.63) is 78.4 Å². The molecule has 0 spiro atoms. The van der Waals surface area contributed by atoms with E-state index in [9.17, 15) is 9.90 Å². The minimum Gasteiger partial charge on any atom is -0.507 e. The van der Waals surface area contributed by atoms with E-state index in [2.05, 4.69) is 0 Å². The number of benzene rings is 3. The minimum atomic E-state index is -0.180. The van der Waals surface area contributed by atoms with Crippen LogP contribution in [0.1, 0.15) is 17.3 Å². The van der Waals surface area contributed by atoms with Crippen LogP contribution in [0.15, 0.2) is 77.2 Å². The minimum absolute atomic E-state index is 0.0621. The molecule has 1 heterocycles. The zero-order valence-electron chi connectivity index (χ0n) is 13.7. The van der Waals surface area contributed by atoms with E-state index in [0.29, 0.717) is 11.1 Å².